The van der Waals surface area contributed by atoms with Crippen molar-refractivity contribution >= 4 is 5.97 Å². The SMILES string of the molecule is CCC1(C)CC(C(=O)OCCN(C)C)C1(C)CC. The van der Waals surface area contributed by atoms with E-state index in [9.17, 15) is 4.79 Å². The molecule has 1 aliphatic carbocycles. The monoisotopic (exact) mass is 255 g/mol. The van der Waals surface area contributed by atoms with E-state index in [2.05, 4.69) is 27.7 Å². The number of nitrogens with zero attached hydrogens (tertiary/aromatic N) is 1. The molecule has 0 radical (unpaired) electrons. The average Bonchev–Trinajstić information content (AvgIpc) is 2.33. The van der Waals surface area contributed by atoms with Crippen molar-refractivity contribution in [1.29, 1.82) is 0 Å². The highest BCUT2D eigenvalue weighted by molar-refractivity contribution is 5.75. The maximum absolute atomic E-state index is 12.1. The van der Waals surface area contributed by atoms with Crippen LogP contribution in [0.5, 0.6) is 0 Å². The second-order valence-corrected chi connectivity index (χ2v) is 6.41. The molecule has 0 saturated heterocycles. The van der Waals surface area contributed by atoms with Crippen molar-refractivity contribution in [3.8, 4) is 0 Å². The molecule has 18 heavy (non-hydrogen) atoms. The van der Waals surface area contributed by atoms with Crippen molar-refractivity contribution in [3.05, 3.63) is 0 Å². The molecule has 3 unspecified atom stereocenters. The predicted octanol–water partition coefficient (Wildman–Crippen LogP) is 2.94. The summed E-state index contributed by atoms with van der Waals surface area (Å²) in [6, 6.07) is 0. The number of ether oxygens (including phenoxy) is 1. The number of rotatable bonds is 6. The van der Waals surface area contributed by atoms with Gasteiger partial charge in [0.25, 0.3) is 0 Å². The van der Waals surface area contributed by atoms with E-state index in [1.54, 1.807) is 0 Å². The van der Waals surface area contributed by atoms with Crippen LogP contribution in [0, 0.1) is 16.7 Å². The highest BCUT2D eigenvalue weighted by atomic mass is 16.5. The number of hydrogen-bond donors (Lipinski definition) is 0. The molecular formula is C15H29NO2. The van der Waals surface area contributed by atoms with Crippen LogP contribution < -0.4 is 0 Å². The Morgan fingerprint density at radius 1 is 1.28 bits per heavy atom. The first-order valence-corrected chi connectivity index (χ1v) is 7.12. The summed E-state index contributed by atoms with van der Waals surface area (Å²) in [5.41, 5.74) is 0.407. The molecule has 1 aliphatic rings. The van der Waals surface area contributed by atoms with Crippen LogP contribution in [0.1, 0.15) is 47.0 Å². The summed E-state index contributed by atoms with van der Waals surface area (Å²) in [6.07, 6.45) is 3.16. The quantitative estimate of drug-likeness (QED) is 0.683. The molecule has 0 aliphatic heterocycles. The molecule has 0 aromatic heterocycles. The summed E-state index contributed by atoms with van der Waals surface area (Å²) < 4.78 is 5.41. The molecule has 1 saturated carbocycles. The standard InChI is InChI=1S/C15H29NO2/c1-7-14(3)11-12(15(14,4)8-2)13(17)18-10-9-16(5)6/h12H,7-11H2,1-6H3. The third kappa shape index (κ3) is 2.56. The molecule has 0 aromatic rings. The van der Waals surface area contributed by atoms with Gasteiger partial charge in [-0.3, -0.25) is 4.79 Å². The van der Waals surface area contributed by atoms with Gasteiger partial charge in [0.2, 0.25) is 0 Å². The van der Waals surface area contributed by atoms with Gasteiger partial charge in [-0.05, 0) is 37.8 Å². The van der Waals surface area contributed by atoms with Crippen molar-refractivity contribution in [2.24, 2.45) is 16.7 Å². The largest absolute Gasteiger partial charge is 0.464 e. The summed E-state index contributed by atoms with van der Waals surface area (Å²) in [6.45, 7) is 10.3. The Morgan fingerprint density at radius 3 is 2.33 bits per heavy atom. The van der Waals surface area contributed by atoms with Gasteiger partial charge < -0.3 is 9.64 Å². The van der Waals surface area contributed by atoms with E-state index in [1.165, 1.54) is 0 Å². The van der Waals surface area contributed by atoms with Crippen LogP contribution in [0.15, 0.2) is 0 Å². The lowest BCUT2D eigenvalue weighted by Crippen LogP contribution is -2.57. The Hall–Kier alpha value is -0.570. The van der Waals surface area contributed by atoms with Gasteiger partial charge in [0, 0.05) is 6.54 Å². The number of carbonyl (C=O) groups is 1. The minimum atomic E-state index is 0.00660. The zero-order chi connectivity index (χ0) is 14.0. The van der Waals surface area contributed by atoms with E-state index in [0.717, 1.165) is 25.8 Å². The lowest BCUT2D eigenvalue weighted by Gasteiger charge is -2.60. The van der Waals surface area contributed by atoms with Gasteiger partial charge >= 0.3 is 5.97 Å². The van der Waals surface area contributed by atoms with Crippen LogP contribution in [0.2, 0.25) is 0 Å². The fourth-order valence-corrected chi connectivity index (χ4v) is 3.19. The maximum atomic E-state index is 12.1. The summed E-state index contributed by atoms with van der Waals surface area (Å²) >= 11 is 0. The fraction of sp³-hybridized carbons (Fsp3) is 0.933. The molecular weight excluding hydrogens is 226 g/mol. The molecule has 3 heteroatoms. The van der Waals surface area contributed by atoms with Crippen molar-refractivity contribution < 1.29 is 9.53 Å². The average molecular weight is 255 g/mol. The predicted molar refractivity (Wildman–Crippen MR) is 74.4 cm³/mol. The molecule has 1 fully saturated rings. The third-order valence-electron chi connectivity index (χ3n) is 5.38. The van der Waals surface area contributed by atoms with Crippen molar-refractivity contribution in [3.63, 3.8) is 0 Å². The Bertz CT molecular complexity index is 303. The van der Waals surface area contributed by atoms with Gasteiger partial charge in [0.1, 0.15) is 6.61 Å². The van der Waals surface area contributed by atoms with Crippen LogP contribution in [0.4, 0.5) is 0 Å². The van der Waals surface area contributed by atoms with Crippen molar-refractivity contribution in [2.75, 3.05) is 27.2 Å². The number of carbonyl (C=O) groups excluding carboxylic acids is 1. The minimum Gasteiger partial charge on any atom is -0.464 e. The Morgan fingerprint density at radius 2 is 1.89 bits per heavy atom. The molecule has 0 spiro atoms. The Kier molecular flexibility index (Phi) is 4.82. The van der Waals surface area contributed by atoms with E-state index >= 15 is 0 Å². The van der Waals surface area contributed by atoms with E-state index in [0.29, 0.717) is 12.0 Å². The molecule has 0 bridgehead atoms. The molecule has 0 amide bonds. The van der Waals surface area contributed by atoms with Gasteiger partial charge in [-0.15, -0.1) is 0 Å². The molecule has 0 N–H and O–H groups in total. The molecule has 3 nitrogen and oxygen atoms in total. The molecule has 106 valence electrons. The summed E-state index contributed by atoms with van der Waals surface area (Å²) in [4.78, 5) is 14.2. The zero-order valence-electron chi connectivity index (χ0n) is 12.9. The second-order valence-electron chi connectivity index (χ2n) is 6.41. The number of esters is 1. The van der Waals surface area contributed by atoms with E-state index in [4.69, 9.17) is 4.74 Å². The lowest BCUT2D eigenvalue weighted by molar-refractivity contribution is -0.185. The van der Waals surface area contributed by atoms with Gasteiger partial charge in [-0.1, -0.05) is 34.1 Å². The second kappa shape index (κ2) is 5.60. The Labute approximate surface area is 112 Å². The zero-order valence-corrected chi connectivity index (χ0v) is 12.9. The maximum Gasteiger partial charge on any atom is 0.309 e. The van der Waals surface area contributed by atoms with Crippen LogP contribution in [0.3, 0.4) is 0 Å². The first-order valence-electron chi connectivity index (χ1n) is 7.12. The third-order valence-corrected chi connectivity index (χ3v) is 5.38. The van der Waals surface area contributed by atoms with Crippen molar-refractivity contribution in [1.82, 2.24) is 4.90 Å². The summed E-state index contributed by atoms with van der Waals surface area (Å²) in [5, 5.41) is 0. The number of hydrogen-bond acceptors (Lipinski definition) is 3. The molecule has 1 rings (SSSR count). The van der Waals surface area contributed by atoms with Crippen molar-refractivity contribution in [2.45, 2.75) is 47.0 Å². The first kappa shape index (κ1) is 15.5. The topological polar surface area (TPSA) is 29.5 Å². The van der Waals surface area contributed by atoms with Gasteiger partial charge in [0.05, 0.1) is 5.92 Å². The van der Waals surface area contributed by atoms with Crippen LogP contribution in [-0.2, 0) is 9.53 Å². The van der Waals surface area contributed by atoms with Gasteiger partial charge in [-0.2, -0.15) is 0 Å². The van der Waals surface area contributed by atoms with Crippen LogP contribution >= 0.6 is 0 Å². The minimum absolute atomic E-state index is 0.00660. The highest BCUT2D eigenvalue weighted by Gasteiger charge is 2.60. The van der Waals surface area contributed by atoms with E-state index in [1.807, 2.05) is 19.0 Å². The molecule has 3 atom stereocenters. The fourth-order valence-electron chi connectivity index (χ4n) is 3.19. The first-order chi connectivity index (χ1) is 8.30. The molecule has 0 aromatic carbocycles. The smallest absolute Gasteiger partial charge is 0.309 e. The van der Waals surface area contributed by atoms with E-state index in [-0.39, 0.29) is 17.3 Å². The Balaban J connectivity index is 2.56. The molecule has 0 heterocycles. The van der Waals surface area contributed by atoms with Crippen LogP contribution in [0.25, 0.3) is 0 Å². The van der Waals surface area contributed by atoms with Crippen LogP contribution in [-0.4, -0.2) is 38.1 Å². The normalized spacial score (nSPS) is 35.4. The lowest BCUT2D eigenvalue weighted by atomic mass is 9.43. The van der Waals surface area contributed by atoms with E-state index < -0.39 is 0 Å². The van der Waals surface area contributed by atoms with Gasteiger partial charge in [-0.25, -0.2) is 0 Å². The summed E-state index contributed by atoms with van der Waals surface area (Å²) in [7, 11) is 3.98. The van der Waals surface area contributed by atoms with Gasteiger partial charge in [0.15, 0.2) is 0 Å². The number of likely N-dealkylation sites (N-methyl/N-ethyl adjacent to an activating group) is 1. The summed E-state index contributed by atoms with van der Waals surface area (Å²) in [5.74, 6) is 0.0988. The highest BCUT2D eigenvalue weighted by Crippen LogP contribution is 2.64.